The van der Waals surface area contributed by atoms with Gasteiger partial charge >= 0.3 is 19.8 Å². The van der Waals surface area contributed by atoms with Crippen molar-refractivity contribution in [3.05, 3.63) is 28.9 Å². The molecule has 0 aromatic carbocycles. The van der Waals surface area contributed by atoms with Crippen LogP contribution in [0.15, 0.2) is 29.2 Å². The molecule has 1 aliphatic rings. The van der Waals surface area contributed by atoms with Gasteiger partial charge in [-0.2, -0.15) is 4.91 Å². The van der Waals surface area contributed by atoms with E-state index in [4.69, 9.17) is 24.7 Å². The normalized spacial score (nSPS) is 25.0. The van der Waals surface area contributed by atoms with E-state index >= 15 is 0 Å². The fraction of sp³-hybridized carbons (Fsp3) is 0.400. The Morgan fingerprint density at radius 3 is 2.36 bits per heavy atom. The molecule has 22 heavy (non-hydrogen) atoms. The number of aliphatic carboxylic acids is 2. The minimum absolute atomic E-state index is 0.374. The molecule has 4 N–H and O–H groups in total. The van der Waals surface area contributed by atoms with Crippen molar-refractivity contribution in [1.29, 1.82) is 0 Å². The number of nitroso groups, excluding NO2 is 1. The third kappa shape index (κ3) is 4.74. The quantitative estimate of drug-likeness (QED) is 0.213. The van der Waals surface area contributed by atoms with Gasteiger partial charge in [-0.25, -0.2) is 14.2 Å². The summed E-state index contributed by atoms with van der Waals surface area (Å²) in [6.45, 7) is 3.06. The van der Waals surface area contributed by atoms with Gasteiger partial charge in [-0.3, -0.25) is 4.52 Å². The molecule has 0 heterocycles. The number of carboxylic acids is 2. The predicted molar refractivity (Wildman–Crippen MR) is 68.5 cm³/mol. The maximum Gasteiger partial charge on any atom is 0.470 e. The van der Waals surface area contributed by atoms with E-state index in [1.165, 1.54) is 0 Å². The second kappa shape index (κ2) is 6.79. The van der Waals surface area contributed by atoms with E-state index in [1.807, 2.05) is 0 Å². The minimum atomic E-state index is -5.05. The van der Waals surface area contributed by atoms with Crippen LogP contribution in [0.1, 0.15) is 6.42 Å². The van der Waals surface area contributed by atoms with Gasteiger partial charge in [-0.15, -0.1) is 0 Å². The van der Waals surface area contributed by atoms with Crippen LogP contribution in [-0.2, 0) is 23.4 Å². The Bertz CT molecular complexity index is 578. The van der Waals surface area contributed by atoms with Crippen LogP contribution in [0.5, 0.6) is 0 Å². The van der Waals surface area contributed by atoms with E-state index in [2.05, 4.69) is 16.3 Å². The number of phosphoric acid groups is 1. The van der Waals surface area contributed by atoms with Gasteiger partial charge in [-0.05, 0) is 12.7 Å². The number of phosphoric ester groups is 1. The van der Waals surface area contributed by atoms with Crippen LogP contribution in [0.25, 0.3) is 0 Å². The number of nitrogens with zero attached hydrogens (tertiary/aromatic N) is 1. The zero-order chi connectivity index (χ0) is 17.1. The summed E-state index contributed by atoms with van der Waals surface area (Å²) >= 11 is 0. The first kappa shape index (κ1) is 18.0. The standard InChI is InChI=1S/C10H12NO10P/c1-4(9(12)13)20-6-2-5(10(14)15)3-7(8(6)11-16)21-22(17,18)19/h3,6-8H,1-2H2,(H,12,13)(H,14,15)(H2,17,18,19). The van der Waals surface area contributed by atoms with Crippen LogP contribution >= 0.6 is 7.82 Å². The van der Waals surface area contributed by atoms with Crippen molar-refractivity contribution in [2.45, 2.75) is 24.7 Å². The zero-order valence-corrected chi connectivity index (χ0v) is 11.8. The highest BCUT2D eigenvalue weighted by atomic mass is 31.2. The monoisotopic (exact) mass is 337 g/mol. The molecular formula is C10H12NO10P. The lowest BCUT2D eigenvalue weighted by atomic mass is 9.90. The van der Waals surface area contributed by atoms with Crippen molar-refractivity contribution in [1.82, 2.24) is 0 Å². The fourth-order valence-corrected chi connectivity index (χ4v) is 2.30. The molecule has 0 aromatic heterocycles. The SMILES string of the molecule is C=C(OC1CC(C(=O)O)=CC(OP(=O)(O)O)C1N=O)C(=O)O. The van der Waals surface area contributed by atoms with Crippen molar-refractivity contribution in [3.8, 4) is 0 Å². The highest BCUT2D eigenvalue weighted by Gasteiger charge is 2.42. The number of hydrogen-bond acceptors (Lipinski definition) is 7. The van der Waals surface area contributed by atoms with Crippen LogP contribution in [0, 0.1) is 4.91 Å². The smallest absolute Gasteiger partial charge is 0.470 e. The molecule has 11 nitrogen and oxygen atoms in total. The van der Waals surface area contributed by atoms with E-state index in [0.717, 1.165) is 6.08 Å². The van der Waals surface area contributed by atoms with Crippen LogP contribution in [-0.4, -0.2) is 50.2 Å². The molecule has 0 bridgehead atoms. The summed E-state index contributed by atoms with van der Waals surface area (Å²) in [6, 6.07) is -1.56. The lowest BCUT2D eigenvalue weighted by Gasteiger charge is -2.31. The van der Waals surface area contributed by atoms with Gasteiger partial charge in [0.05, 0.1) is 0 Å². The molecule has 1 rings (SSSR count). The molecule has 3 atom stereocenters. The second-order valence-corrected chi connectivity index (χ2v) is 5.43. The molecule has 0 aromatic rings. The van der Waals surface area contributed by atoms with E-state index in [1.54, 1.807) is 0 Å². The summed E-state index contributed by atoms with van der Waals surface area (Å²) in [5.74, 6) is -3.78. The van der Waals surface area contributed by atoms with Crippen LogP contribution in [0.4, 0.5) is 0 Å². The first-order valence-corrected chi connectivity index (χ1v) is 7.17. The van der Waals surface area contributed by atoms with Gasteiger partial charge < -0.3 is 24.7 Å². The summed E-state index contributed by atoms with van der Waals surface area (Å²) in [6.07, 6.45) is -2.70. The van der Waals surface area contributed by atoms with Crippen molar-refractivity contribution in [2.75, 3.05) is 0 Å². The Balaban J connectivity index is 3.13. The Morgan fingerprint density at radius 2 is 1.95 bits per heavy atom. The summed E-state index contributed by atoms with van der Waals surface area (Å²) in [5, 5.41) is 20.2. The van der Waals surface area contributed by atoms with Gasteiger partial charge in [0.2, 0.25) is 0 Å². The zero-order valence-electron chi connectivity index (χ0n) is 10.9. The van der Waals surface area contributed by atoms with Gasteiger partial charge in [-0.1, -0.05) is 5.18 Å². The van der Waals surface area contributed by atoms with Crippen molar-refractivity contribution < 1.29 is 43.4 Å². The topological polar surface area (TPSA) is 180 Å². The van der Waals surface area contributed by atoms with Gasteiger partial charge in [0.1, 0.15) is 12.2 Å². The predicted octanol–water partition coefficient (Wildman–Crippen LogP) is -0.00250. The summed E-state index contributed by atoms with van der Waals surface area (Å²) in [4.78, 5) is 50.1. The summed E-state index contributed by atoms with van der Waals surface area (Å²) in [5.41, 5.74) is -0.374. The number of carbonyl (C=O) groups is 2. The minimum Gasteiger partial charge on any atom is -0.481 e. The van der Waals surface area contributed by atoms with Gasteiger partial charge in [0.25, 0.3) is 0 Å². The first-order chi connectivity index (χ1) is 10.0. The van der Waals surface area contributed by atoms with Crippen molar-refractivity contribution >= 4 is 19.8 Å². The average molecular weight is 337 g/mol. The molecule has 0 saturated carbocycles. The molecule has 0 radical (unpaired) electrons. The van der Waals surface area contributed by atoms with Gasteiger partial charge in [0, 0.05) is 12.0 Å². The first-order valence-electron chi connectivity index (χ1n) is 5.64. The number of carboxylic acid groups (broad SMARTS) is 2. The van der Waals surface area contributed by atoms with E-state index in [9.17, 15) is 19.1 Å². The Kier molecular flexibility index (Phi) is 5.55. The lowest BCUT2D eigenvalue weighted by molar-refractivity contribution is -0.138. The molecular weight excluding hydrogens is 325 g/mol. The summed E-state index contributed by atoms with van der Waals surface area (Å²) in [7, 11) is -5.05. The third-order valence-electron chi connectivity index (χ3n) is 2.69. The number of ether oxygens (including phenoxy) is 1. The third-order valence-corrected chi connectivity index (χ3v) is 3.21. The average Bonchev–Trinajstić information content (AvgIpc) is 2.36. The van der Waals surface area contributed by atoms with Crippen LogP contribution in [0.2, 0.25) is 0 Å². The van der Waals surface area contributed by atoms with Crippen LogP contribution < -0.4 is 0 Å². The maximum absolute atomic E-state index is 11.0. The highest BCUT2D eigenvalue weighted by molar-refractivity contribution is 7.46. The molecule has 0 aliphatic heterocycles. The molecule has 0 spiro atoms. The van der Waals surface area contributed by atoms with Crippen molar-refractivity contribution in [3.63, 3.8) is 0 Å². The summed E-state index contributed by atoms with van der Waals surface area (Å²) < 4.78 is 20.0. The molecule has 3 unspecified atom stereocenters. The van der Waals surface area contributed by atoms with Gasteiger partial charge in [0.15, 0.2) is 11.8 Å². The number of rotatable bonds is 7. The molecule has 122 valence electrons. The van der Waals surface area contributed by atoms with E-state index in [0.29, 0.717) is 0 Å². The van der Waals surface area contributed by atoms with E-state index < -0.39 is 50.2 Å². The Morgan fingerprint density at radius 1 is 1.36 bits per heavy atom. The molecule has 0 saturated heterocycles. The van der Waals surface area contributed by atoms with E-state index in [-0.39, 0.29) is 5.57 Å². The number of hydrogen-bond donors (Lipinski definition) is 4. The highest BCUT2D eigenvalue weighted by Crippen LogP contribution is 2.41. The Hall–Kier alpha value is -2.07. The maximum atomic E-state index is 11.0. The fourth-order valence-electron chi connectivity index (χ4n) is 1.80. The lowest BCUT2D eigenvalue weighted by Crippen LogP contribution is -2.42. The largest absolute Gasteiger partial charge is 0.481 e. The van der Waals surface area contributed by atoms with Crippen molar-refractivity contribution in [2.24, 2.45) is 5.18 Å². The Labute approximate surface area is 123 Å². The second-order valence-electron chi connectivity index (χ2n) is 4.24. The molecule has 1 aliphatic carbocycles. The molecule has 0 amide bonds. The van der Waals surface area contributed by atoms with Crippen LogP contribution in [0.3, 0.4) is 0 Å². The molecule has 12 heteroatoms. The molecule has 0 fully saturated rings.